The molecule has 0 aromatic rings. The van der Waals surface area contributed by atoms with Gasteiger partial charge >= 0.3 is 0 Å². The zero-order valence-corrected chi connectivity index (χ0v) is 6.41. The first-order valence-electron chi connectivity index (χ1n) is 3.24. The first kappa shape index (κ1) is 8.80. The van der Waals surface area contributed by atoms with Crippen molar-refractivity contribution >= 4 is 17.4 Å². The maximum atomic E-state index is 4.40. The molecule has 2 heteroatoms. The standard InChI is InChI=1S/C7H12NS/c1-2-3-4-5-6-8-7-9/h1-6H2. The highest BCUT2D eigenvalue weighted by Gasteiger charge is 1.83. The molecule has 51 valence electrons. The van der Waals surface area contributed by atoms with Crippen LogP contribution in [0.5, 0.6) is 0 Å². The summed E-state index contributed by atoms with van der Waals surface area (Å²) < 4.78 is 0. The topological polar surface area (TPSA) is 12.4 Å². The van der Waals surface area contributed by atoms with Crippen molar-refractivity contribution in [3.8, 4) is 0 Å². The minimum absolute atomic E-state index is 0.837. The van der Waals surface area contributed by atoms with Crippen molar-refractivity contribution in [1.29, 1.82) is 0 Å². The van der Waals surface area contributed by atoms with E-state index < -0.39 is 0 Å². The summed E-state index contributed by atoms with van der Waals surface area (Å²) in [5.41, 5.74) is 0. The summed E-state index contributed by atoms with van der Waals surface area (Å²) in [6.07, 6.45) is 4.57. The molecule has 0 aromatic carbocycles. The number of unbranched alkanes of at least 4 members (excludes halogenated alkanes) is 3. The van der Waals surface area contributed by atoms with Crippen molar-refractivity contribution in [2.45, 2.75) is 25.7 Å². The number of nitrogens with zero attached hydrogens (tertiary/aromatic N) is 1. The summed E-state index contributed by atoms with van der Waals surface area (Å²) >= 11 is 4.40. The molecule has 0 N–H and O–H groups in total. The van der Waals surface area contributed by atoms with Crippen molar-refractivity contribution in [2.24, 2.45) is 4.99 Å². The predicted molar refractivity (Wildman–Crippen MR) is 43.7 cm³/mol. The Kier molecular flexibility index (Phi) is 7.63. The van der Waals surface area contributed by atoms with E-state index in [0.717, 1.165) is 19.4 Å². The third-order valence-electron chi connectivity index (χ3n) is 1.08. The molecule has 1 radical (unpaired) electrons. The van der Waals surface area contributed by atoms with Gasteiger partial charge in [0.2, 0.25) is 0 Å². The molecule has 0 amide bonds. The molecule has 1 nitrogen and oxygen atoms in total. The Labute approximate surface area is 62.2 Å². The molecule has 0 aliphatic carbocycles. The van der Waals surface area contributed by atoms with E-state index in [2.05, 4.69) is 29.3 Å². The minimum atomic E-state index is 0.837. The molecule has 0 aliphatic heterocycles. The smallest absolute Gasteiger partial charge is 0.0584 e. The van der Waals surface area contributed by atoms with E-state index >= 15 is 0 Å². The van der Waals surface area contributed by atoms with Gasteiger partial charge in [-0.05, 0) is 18.6 Å². The molecule has 0 aromatic heterocycles. The van der Waals surface area contributed by atoms with E-state index in [4.69, 9.17) is 0 Å². The maximum absolute atomic E-state index is 4.40. The lowest BCUT2D eigenvalue weighted by molar-refractivity contribution is 0.696. The molecular formula is C7H12NS. The molecule has 0 saturated carbocycles. The van der Waals surface area contributed by atoms with Crippen LogP contribution < -0.4 is 0 Å². The summed E-state index contributed by atoms with van der Waals surface area (Å²) in [4.78, 5) is 3.79. The van der Waals surface area contributed by atoms with Crippen LogP contribution in [0.2, 0.25) is 0 Å². The van der Waals surface area contributed by atoms with Crippen molar-refractivity contribution in [1.82, 2.24) is 0 Å². The number of thiocarbonyl (C=S) groups is 1. The van der Waals surface area contributed by atoms with Crippen molar-refractivity contribution in [3.05, 3.63) is 6.92 Å². The van der Waals surface area contributed by atoms with E-state index in [9.17, 15) is 0 Å². The fraction of sp³-hybridized carbons (Fsp3) is 0.714. The molecule has 0 fully saturated rings. The Balaban J connectivity index is 2.82. The number of isothiocyanates is 1. The van der Waals surface area contributed by atoms with Crippen molar-refractivity contribution in [2.75, 3.05) is 6.54 Å². The SMILES string of the molecule is [CH2]CCCCCN=C=S. The van der Waals surface area contributed by atoms with Gasteiger partial charge in [0.1, 0.15) is 0 Å². The fourth-order valence-corrected chi connectivity index (χ4v) is 0.681. The number of aliphatic imine (C=N–C) groups is 1. The van der Waals surface area contributed by atoms with Crippen LogP contribution in [0.4, 0.5) is 0 Å². The normalized spacial score (nSPS) is 8.56. The highest BCUT2D eigenvalue weighted by Crippen LogP contribution is 1.97. The second kappa shape index (κ2) is 7.80. The minimum Gasteiger partial charge on any atom is -0.233 e. The average Bonchev–Trinajstić information content (AvgIpc) is 1.89. The zero-order chi connectivity index (χ0) is 6.95. The molecule has 0 atom stereocenters. The van der Waals surface area contributed by atoms with Crippen LogP contribution in [0.1, 0.15) is 25.7 Å². The van der Waals surface area contributed by atoms with Gasteiger partial charge in [-0.1, -0.05) is 26.2 Å². The van der Waals surface area contributed by atoms with Crippen LogP contribution in [0.25, 0.3) is 0 Å². The number of hydrogen-bond acceptors (Lipinski definition) is 2. The summed E-state index contributed by atoms with van der Waals surface area (Å²) in [6, 6.07) is 0. The highest BCUT2D eigenvalue weighted by atomic mass is 32.1. The average molecular weight is 142 g/mol. The van der Waals surface area contributed by atoms with Gasteiger partial charge in [-0.15, -0.1) is 0 Å². The Morgan fingerprint density at radius 2 is 2.11 bits per heavy atom. The zero-order valence-electron chi connectivity index (χ0n) is 5.60. The molecule has 9 heavy (non-hydrogen) atoms. The van der Waals surface area contributed by atoms with E-state index in [0.29, 0.717) is 0 Å². The first-order valence-corrected chi connectivity index (χ1v) is 3.65. The summed E-state index contributed by atoms with van der Waals surface area (Å²) in [6.45, 7) is 4.57. The third kappa shape index (κ3) is 7.80. The maximum Gasteiger partial charge on any atom is 0.0584 e. The Bertz CT molecular complexity index is 95.1. The quantitative estimate of drug-likeness (QED) is 0.326. The highest BCUT2D eigenvalue weighted by molar-refractivity contribution is 7.78. The van der Waals surface area contributed by atoms with E-state index in [1.165, 1.54) is 12.8 Å². The fourth-order valence-electron chi connectivity index (χ4n) is 0.590. The van der Waals surface area contributed by atoms with Crippen LogP contribution in [-0.4, -0.2) is 11.7 Å². The molecule has 0 aliphatic rings. The molecular weight excluding hydrogens is 130 g/mol. The number of hydrogen-bond donors (Lipinski definition) is 0. The van der Waals surface area contributed by atoms with Crippen LogP contribution in [-0.2, 0) is 0 Å². The van der Waals surface area contributed by atoms with Crippen molar-refractivity contribution < 1.29 is 0 Å². The Morgan fingerprint density at radius 1 is 1.33 bits per heavy atom. The summed E-state index contributed by atoms with van der Waals surface area (Å²) in [7, 11) is 0. The molecule has 0 bridgehead atoms. The molecule has 0 spiro atoms. The monoisotopic (exact) mass is 142 g/mol. The molecule has 0 unspecified atom stereocenters. The van der Waals surface area contributed by atoms with Crippen LogP contribution >= 0.6 is 12.2 Å². The lowest BCUT2D eigenvalue weighted by Crippen LogP contribution is -1.79. The van der Waals surface area contributed by atoms with Gasteiger partial charge in [0, 0.05) is 6.54 Å². The van der Waals surface area contributed by atoms with Gasteiger partial charge in [-0.25, -0.2) is 4.99 Å². The van der Waals surface area contributed by atoms with E-state index in [-0.39, 0.29) is 0 Å². The van der Waals surface area contributed by atoms with Gasteiger partial charge in [-0.3, -0.25) is 0 Å². The van der Waals surface area contributed by atoms with Gasteiger partial charge in [0.05, 0.1) is 5.16 Å². The lowest BCUT2D eigenvalue weighted by atomic mass is 10.2. The lowest BCUT2D eigenvalue weighted by Gasteiger charge is -1.91. The summed E-state index contributed by atoms with van der Waals surface area (Å²) in [5.74, 6) is 0. The van der Waals surface area contributed by atoms with Crippen LogP contribution in [0, 0.1) is 6.92 Å². The van der Waals surface area contributed by atoms with E-state index in [1.54, 1.807) is 0 Å². The van der Waals surface area contributed by atoms with Gasteiger partial charge in [-0.2, -0.15) is 0 Å². The van der Waals surface area contributed by atoms with Gasteiger partial charge in [0.15, 0.2) is 0 Å². The second-order valence-corrected chi connectivity index (χ2v) is 2.07. The summed E-state index contributed by atoms with van der Waals surface area (Å²) in [5, 5.41) is 2.34. The Morgan fingerprint density at radius 3 is 2.67 bits per heavy atom. The number of rotatable bonds is 5. The Hall–Kier alpha value is -0.200. The molecule has 0 rings (SSSR count). The first-order chi connectivity index (χ1) is 4.41. The third-order valence-corrected chi connectivity index (χ3v) is 1.21. The second-order valence-electron chi connectivity index (χ2n) is 1.89. The molecule has 0 saturated heterocycles. The van der Waals surface area contributed by atoms with Gasteiger partial charge in [0.25, 0.3) is 0 Å². The van der Waals surface area contributed by atoms with Crippen LogP contribution in [0.3, 0.4) is 0 Å². The molecule has 0 heterocycles. The largest absolute Gasteiger partial charge is 0.233 e. The van der Waals surface area contributed by atoms with E-state index in [1.807, 2.05) is 0 Å². The van der Waals surface area contributed by atoms with Gasteiger partial charge < -0.3 is 0 Å². The van der Waals surface area contributed by atoms with Crippen LogP contribution in [0.15, 0.2) is 4.99 Å². The predicted octanol–water partition coefficient (Wildman–Crippen LogP) is 2.48. The van der Waals surface area contributed by atoms with Crippen molar-refractivity contribution in [3.63, 3.8) is 0 Å².